The molecule has 0 aliphatic rings. The van der Waals surface area contributed by atoms with Crippen LogP contribution in [0.3, 0.4) is 0 Å². The molecule has 1 amide bonds. The molecule has 2 nitrogen and oxygen atoms in total. The Morgan fingerprint density at radius 1 is 1.33 bits per heavy atom. The summed E-state index contributed by atoms with van der Waals surface area (Å²) in [5.74, 6) is -2.22. The Hall–Kier alpha value is -0.980. The first kappa shape index (κ1) is 13.5. The standard InChI is InChI=1S/C11H5BrClF2NOS/c12-9-1-5(4-18-9)11(17)16-10-7(13)2-6(14)3-8(10)15/h1-4H,(H,16,17). The fraction of sp³-hybridized carbons (Fsp3) is 0. The van der Waals surface area contributed by atoms with E-state index in [4.69, 9.17) is 11.6 Å². The van der Waals surface area contributed by atoms with Crippen molar-refractivity contribution in [3.05, 3.63) is 49.6 Å². The lowest BCUT2D eigenvalue weighted by molar-refractivity contribution is 0.102. The van der Waals surface area contributed by atoms with Crippen LogP contribution >= 0.6 is 38.9 Å². The van der Waals surface area contributed by atoms with Crippen LogP contribution < -0.4 is 5.32 Å². The molecular formula is C11H5BrClF2NOS. The molecule has 1 N–H and O–H groups in total. The van der Waals surface area contributed by atoms with Gasteiger partial charge in [-0.15, -0.1) is 11.3 Å². The lowest BCUT2D eigenvalue weighted by Gasteiger charge is -2.07. The maximum absolute atomic E-state index is 13.4. The number of hydrogen-bond donors (Lipinski definition) is 1. The van der Waals surface area contributed by atoms with E-state index >= 15 is 0 Å². The average molecular weight is 353 g/mol. The van der Waals surface area contributed by atoms with Crippen LogP contribution in [0.25, 0.3) is 0 Å². The van der Waals surface area contributed by atoms with Crippen molar-refractivity contribution in [1.29, 1.82) is 0 Å². The summed E-state index contributed by atoms with van der Waals surface area (Å²) in [4.78, 5) is 11.8. The minimum absolute atomic E-state index is 0.185. The van der Waals surface area contributed by atoms with Crippen LogP contribution in [0.5, 0.6) is 0 Å². The summed E-state index contributed by atoms with van der Waals surface area (Å²) < 4.78 is 27.1. The molecule has 0 saturated heterocycles. The highest BCUT2D eigenvalue weighted by Crippen LogP contribution is 2.28. The predicted molar refractivity (Wildman–Crippen MR) is 71.3 cm³/mol. The fourth-order valence-electron chi connectivity index (χ4n) is 1.28. The van der Waals surface area contributed by atoms with Crippen molar-refractivity contribution < 1.29 is 13.6 Å². The van der Waals surface area contributed by atoms with E-state index in [0.717, 1.165) is 9.85 Å². The van der Waals surface area contributed by atoms with E-state index in [1.807, 2.05) is 0 Å². The van der Waals surface area contributed by atoms with E-state index in [9.17, 15) is 13.6 Å². The molecule has 0 radical (unpaired) electrons. The van der Waals surface area contributed by atoms with Crippen molar-refractivity contribution in [2.24, 2.45) is 0 Å². The van der Waals surface area contributed by atoms with Gasteiger partial charge in [-0.1, -0.05) is 11.6 Å². The largest absolute Gasteiger partial charge is 0.318 e. The molecule has 1 heterocycles. The maximum atomic E-state index is 13.4. The molecule has 0 spiro atoms. The smallest absolute Gasteiger partial charge is 0.256 e. The second-order valence-corrected chi connectivity index (χ2v) is 6.04. The molecule has 1 aromatic carbocycles. The molecule has 2 aromatic rings. The van der Waals surface area contributed by atoms with Gasteiger partial charge in [0.15, 0.2) is 5.82 Å². The second kappa shape index (κ2) is 5.34. The zero-order chi connectivity index (χ0) is 13.3. The number of nitrogens with one attached hydrogen (secondary N) is 1. The van der Waals surface area contributed by atoms with E-state index < -0.39 is 17.5 Å². The molecule has 0 fully saturated rings. The summed E-state index contributed by atoms with van der Waals surface area (Å²) in [6, 6.07) is 3.18. The van der Waals surface area contributed by atoms with Crippen molar-refractivity contribution in [2.75, 3.05) is 5.32 Å². The maximum Gasteiger partial charge on any atom is 0.256 e. The van der Waals surface area contributed by atoms with Crippen molar-refractivity contribution in [1.82, 2.24) is 0 Å². The number of halogens is 4. The number of thiophene rings is 1. The summed E-state index contributed by atoms with van der Waals surface area (Å²) in [7, 11) is 0. The summed E-state index contributed by atoms with van der Waals surface area (Å²) in [5, 5.41) is 3.73. The van der Waals surface area contributed by atoms with Gasteiger partial charge in [0, 0.05) is 11.4 Å². The molecule has 0 unspecified atom stereocenters. The van der Waals surface area contributed by atoms with Crippen LogP contribution in [0.2, 0.25) is 5.02 Å². The zero-order valence-corrected chi connectivity index (χ0v) is 11.8. The molecular weight excluding hydrogens is 348 g/mol. The van der Waals surface area contributed by atoms with E-state index in [2.05, 4.69) is 21.2 Å². The van der Waals surface area contributed by atoms with Crippen LogP contribution in [0.15, 0.2) is 27.4 Å². The minimum Gasteiger partial charge on any atom is -0.318 e. The molecule has 0 aliphatic heterocycles. The van der Waals surface area contributed by atoms with Crippen molar-refractivity contribution in [3.63, 3.8) is 0 Å². The number of carbonyl (C=O) groups is 1. The highest BCUT2D eigenvalue weighted by atomic mass is 79.9. The van der Waals surface area contributed by atoms with Gasteiger partial charge in [0.2, 0.25) is 0 Å². The number of carbonyl (C=O) groups excluding carboxylic acids is 1. The molecule has 1 aromatic heterocycles. The normalized spacial score (nSPS) is 10.4. The average Bonchev–Trinajstić information content (AvgIpc) is 2.70. The predicted octanol–water partition coefficient (Wildman–Crippen LogP) is 4.69. The molecule has 0 aliphatic carbocycles. The van der Waals surface area contributed by atoms with Gasteiger partial charge in [0.05, 0.1) is 20.1 Å². The van der Waals surface area contributed by atoms with E-state index in [1.54, 1.807) is 11.4 Å². The van der Waals surface area contributed by atoms with Crippen LogP contribution in [0.1, 0.15) is 10.4 Å². The SMILES string of the molecule is O=C(Nc1c(F)cc(F)cc1Cl)c1csc(Br)c1. The van der Waals surface area contributed by atoms with Crippen LogP contribution in [-0.4, -0.2) is 5.91 Å². The van der Waals surface area contributed by atoms with Gasteiger partial charge in [-0.25, -0.2) is 8.78 Å². The Bertz CT molecular complexity index is 594. The highest BCUT2D eigenvalue weighted by Gasteiger charge is 2.15. The second-order valence-electron chi connectivity index (χ2n) is 3.34. The summed E-state index contributed by atoms with van der Waals surface area (Å²) in [5.41, 5.74) is 0.136. The van der Waals surface area contributed by atoms with Gasteiger partial charge < -0.3 is 5.32 Å². The van der Waals surface area contributed by atoms with Crippen LogP contribution in [-0.2, 0) is 0 Å². The van der Waals surface area contributed by atoms with E-state index in [0.29, 0.717) is 11.6 Å². The van der Waals surface area contributed by atoms with Crippen LogP contribution in [0, 0.1) is 11.6 Å². The lowest BCUT2D eigenvalue weighted by Crippen LogP contribution is -2.12. The third-order valence-corrected chi connectivity index (χ3v) is 3.88. The van der Waals surface area contributed by atoms with Gasteiger partial charge in [-0.2, -0.15) is 0 Å². The first-order valence-corrected chi connectivity index (χ1v) is 6.72. The molecule has 0 atom stereocenters. The molecule has 0 bridgehead atoms. The Balaban J connectivity index is 2.27. The quantitative estimate of drug-likeness (QED) is 0.834. The first-order valence-electron chi connectivity index (χ1n) is 4.67. The number of rotatable bonds is 2. The Kier molecular flexibility index (Phi) is 3.99. The highest BCUT2D eigenvalue weighted by molar-refractivity contribution is 9.11. The van der Waals surface area contributed by atoms with Crippen molar-refractivity contribution >= 4 is 50.5 Å². The zero-order valence-electron chi connectivity index (χ0n) is 8.64. The van der Waals surface area contributed by atoms with Gasteiger partial charge in [-0.3, -0.25) is 4.79 Å². The first-order chi connectivity index (χ1) is 8.47. The van der Waals surface area contributed by atoms with Crippen molar-refractivity contribution in [2.45, 2.75) is 0 Å². The van der Waals surface area contributed by atoms with Gasteiger partial charge in [0.1, 0.15) is 5.82 Å². The fourth-order valence-corrected chi connectivity index (χ4v) is 2.65. The molecule has 0 saturated carbocycles. The Labute approximate surface area is 119 Å². The van der Waals surface area contributed by atoms with Gasteiger partial charge in [0.25, 0.3) is 5.91 Å². The third-order valence-electron chi connectivity index (χ3n) is 2.08. The number of hydrogen-bond acceptors (Lipinski definition) is 2. The molecule has 2 rings (SSSR count). The van der Waals surface area contributed by atoms with Gasteiger partial charge >= 0.3 is 0 Å². The topological polar surface area (TPSA) is 29.1 Å². The third kappa shape index (κ3) is 2.88. The summed E-state index contributed by atoms with van der Waals surface area (Å²) >= 11 is 10.2. The Morgan fingerprint density at radius 3 is 2.61 bits per heavy atom. The lowest BCUT2D eigenvalue weighted by atomic mass is 10.2. The van der Waals surface area contributed by atoms with E-state index in [1.165, 1.54) is 11.3 Å². The number of anilines is 1. The number of benzene rings is 1. The molecule has 7 heteroatoms. The molecule has 94 valence electrons. The molecule has 18 heavy (non-hydrogen) atoms. The van der Waals surface area contributed by atoms with Crippen molar-refractivity contribution in [3.8, 4) is 0 Å². The van der Waals surface area contributed by atoms with Crippen LogP contribution in [0.4, 0.5) is 14.5 Å². The van der Waals surface area contributed by atoms with Gasteiger partial charge in [-0.05, 0) is 28.1 Å². The monoisotopic (exact) mass is 351 g/mol. The summed E-state index contributed by atoms with van der Waals surface area (Å²) in [6.45, 7) is 0. The Morgan fingerprint density at radius 2 is 2.06 bits per heavy atom. The van der Waals surface area contributed by atoms with E-state index in [-0.39, 0.29) is 10.7 Å². The minimum atomic E-state index is -0.914. The summed E-state index contributed by atoms with van der Waals surface area (Å²) in [6.07, 6.45) is 0. The number of amides is 1.